The molecule has 1 unspecified atom stereocenters. The molecule has 29 heavy (non-hydrogen) atoms. The highest BCUT2D eigenvalue weighted by molar-refractivity contribution is 6.30. The SMILES string of the molecule is CC1NN=C(N2CCC(Nc3ccccc3[N+](=O)[O-])CC2)N1c1ccc(Cl)cc1. The van der Waals surface area contributed by atoms with Gasteiger partial charge in [-0.15, -0.1) is 5.10 Å². The molecule has 0 aliphatic carbocycles. The zero-order valence-electron chi connectivity index (χ0n) is 16.1. The third kappa shape index (κ3) is 4.07. The number of halogens is 1. The van der Waals surface area contributed by atoms with Crippen LogP contribution in [0.1, 0.15) is 19.8 Å². The van der Waals surface area contributed by atoms with Crippen LogP contribution in [0.4, 0.5) is 17.1 Å². The number of piperidine rings is 1. The van der Waals surface area contributed by atoms with Gasteiger partial charge in [0, 0.05) is 35.9 Å². The lowest BCUT2D eigenvalue weighted by Crippen LogP contribution is -2.50. The van der Waals surface area contributed by atoms with Crippen molar-refractivity contribution in [1.82, 2.24) is 10.3 Å². The van der Waals surface area contributed by atoms with Crippen molar-refractivity contribution in [2.24, 2.45) is 5.10 Å². The van der Waals surface area contributed by atoms with Crippen LogP contribution >= 0.6 is 11.6 Å². The molecular formula is C20H23ClN6O2. The van der Waals surface area contributed by atoms with Crippen molar-refractivity contribution in [2.75, 3.05) is 23.3 Å². The van der Waals surface area contributed by atoms with E-state index in [-0.39, 0.29) is 22.8 Å². The molecule has 4 rings (SSSR count). The highest BCUT2D eigenvalue weighted by Crippen LogP contribution is 2.28. The second kappa shape index (κ2) is 8.16. The number of benzene rings is 2. The Morgan fingerprint density at radius 1 is 1.17 bits per heavy atom. The first-order valence-corrected chi connectivity index (χ1v) is 10.0. The number of nitrogens with zero attached hydrogens (tertiary/aromatic N) is 4. The average molecular weight is 415 g/mol. The monoisotopic (exact) mass is 414 g/mol. The summed E-state index contributed by atoms with van der Waals surface area (Å²) in [6.45, 7) is 3.69. The molecule has 2 aromatic carbocycles. The number of guanidine groups is 1. The van der Waals surface area contributed by atoms with Gasteiger partial charge in [0.15, 0.2) is 0 Å². The smallest absolute Gasteiger partial charge is 0.292 e. The van der Waals surface area contributed by atoms with Crippen molar-refractivity contribution in [3.05, 3.63) is 63.7 Å². The molecule has 0 radical (unpaired) electrons. The number of nitro groups is 1. The molecule has 0 aromatic heterocycles. The van der Waals surface area contributed by atoms with Crippen LogP contribution in [0.25, 0.3) is 0 Å². The highest BCUT2D eigenvalue weighted by Gasteiger charge is 2.32. The van der Waals surface area contributed by atoms with Gasteiger partial charge in [0.2, 0.25) is 5.96 Å². The van der Waals surface area contributed by atoms with Crippen LogP contribution in [-0.2, 0) is 0 Å². The minimum absolute atomic E-state index is 0.0500. The molecule has 0 spiro atoms. The van der Waals surface area contributed by atoms with Crippen LogP contribution in [0.2, 0.25) is 5.02 Å². The van der Waals surface area contributed by atoms with Crippen molar-refractivity contribution in [2.45, 2.75) is 32.0 Å². The van der Waals surface area contributed by atoms with E-state index in [0.29, 0.717) is 10.7 Å². The largest absolute Gasteiger partial charge is 0.377 e. The predicted octanol–water partition coefficient (Wildman–Crippen LogP) is 3.85. The Bertz CT molecular complexity index is 911. The molecule has 152 valence electrons. The second-order valence-corrected chi connectivity index (χ2v) is 7.68. The minimum atomic E-state index is -0.345. The summed E-state index contributed by atoms with van der Waals surface area (Å²) in [6.07, 6.45) is 1.79. The van der Waals surface area contributed by atoms with Crippen molar-refractivity contribution < 1.29 is 4.92 Å². The Balaban J connectivity index is 1.42. The van der Waals surface area contributed by atoms with Crippen molar-refractivity contribution >= 4 is 34.6 Å². The van der Waals surface area contributed by atoms with Gasteiger partial charge in [-0.25, -0.2) is 0 Å². The molecule has 2 aromatic rings. The van der Waals surface area contributed by atoms with E-state index >= 15 is 0 Å². The maximum atomic E-state index is 11.2. The number of likely N-dealkylation sites (tertiary alicyclic amines) is 1. The van der Waals surface area contributed by atoms with Gasteiger partial charge in [-0.2, -0.15) is 0 Å². The number of hydrazone groups is 1. The number of anilines is 2. The summed E-state index contributed by atoms with van der Waals surface area (Å²) in [6, 6.07) is 14.7. The van der Waals surface area contributed by atoms with E-state index in [1.54, 1.807) is 12.1 Å². The van der Waals surface area contributed by atoms with Gasteiger partial charge in [0.25, 0.3) is 5.69 Å². The number of hydrogen-bond acceptors (Lipinski definition) is 7. The van der Waals surface area contributed by atoms with Crippen LogP contribution in [-0.4, -0.2) is 41.1 Å². The van der Waals surface area contributed by atoms with E-state index < -0.39 is 0 Å². The minimum Gasteiger partial charge on any atom is -0.377 e. The fourth-order valence-electron chi connectivity index (χ4n) is 3.80. The Kier molecular flexibility index (Phi) is 5.44. The van der Waals surface area contributed by atoms with Crippen molar-refractivity contribution in [3.63, 3.8) is 0 Å². The maximum Gasteiger partial charge on any atom is 0.292 e. The van der Waals surface area contributed by atoms with Gasteiger partial charge in [0.1, 0.15) is 11.9 Å². The summed E-state index contributed by atoms with van der Waals surface area (Å²) in [7, 11) is 0. The van der Waals surface area contributed by atoms with Gasteiger partial charge in [-0.3, -0.25) is 20.4 Å². The highest BCUT2D eigenvalue weighted by atomic mass is 35.5. The summed E-state index contributed by atoms with van der Waals surface area (Å²) in [4.78, 5) is 15.3. The number of rotatable bonds is 4. The molecule has 9 heteroatoms. The van der Waals surface area contributed by atoms with Crippen LogP contribution in [0.3, 0.4) is 0 Å². The number of hydrogen-bond donors (Lipinski definition) is 2. The van der Waals surface area contributed by atoms with Gasteiger partial charge in [0.05, 0.1) is 4.92 Å². The lowest BCUT2D eigenvalue weighted by molar-refractivity contribution is -0.384. The molecule has 8 nitrogen and oxygen atoms in total. The van der Waals surface area contributed by atoms with Gasteiger partial charge in [-0.05, 0) is 50.1 Å². The van der Waals surface area contributed by atoms with Crippen LogP contribution in [0, 0.1) is 10.1 Å². The standard InChI is InChI=1S/C20H23ClN6O2/c1-14-23-24-20(26(14)17-8-6-15(21)7-9-17)25-12-10-16(11-13-25)22-18-4-2-3-5-19(18)27(28)29/h2-9,14,16,22-23H,10-13H2,1H3. The second-order valence-electron chi connectivity index (χ2n) is 7.24. The van der Waals surface area contributed by atoms with Gasteiger partial charge < -0.3 is 10.2 Å². The van der Waals surface area contributed by atoms with E-state index in [1.807, 2.05) is 30.3 Å². The summed E-state index contributed by atoms with van der Waals surface area (Å²) in [5.74, 6) is 0.893. The molecule has 1 atom stereocenters. The van der Waals surface area contributed by atoms with Crippen molar-refractivity contribution in [3.8, 4) is 0 Å². The van der Waals surface area contributed by atoms with Gasteiger partial charge >= 0.3 is 0 Å². The quantitative estimate of drug-likeness (QED) is 0.583. The third-order valence-electron chi connectivity index (χ3n) is 5.30. The fraction of sp³-hybridized carbons (Fsp3) is 0.350. The molecule has 1 saturated heterocycles. The molecule has 1 fully saturated rings. The predicted molar refractivity (Wildman–Crippen MR) is 115 cm³/mol. The van der Waals surface area contributed by atoms with E-state index in [9.17, 15) is 10.1 Å². The van der Waals surface area contributed by atoms with Crippen LogP contribution in [0.15, 0.2) is 53.6 Å². The van der Waals surface area contributed by atoms with Crippen molar-refractivity contribution in [1.29, 1.82) is 0 Å². The first kappa shape index (κ1) is 19.3. The maximum absolute atomic E-state index is 11.2. The number of nitrogens with one attached hydrogen (secondary N) is 2. The Hall–Kier alpha value is -3.00. The molecule has 2 aliphatic heterocycles. The molecule has 0 saturated carbocycles. The molecular weight excluding hydrogens is 392 g/mol. The fourth-order valence-corrected chi connectivity index (χ4v) is 3.92. The van der Waals surface area contributed by atoms with E-state index in [1.165, 1.54) is 6.07 Å². The van der Waals surface area contributed by atoms with E-state index in [4.69, 9.17) is 11.6 Å². The Morgan fingerprint density at radius 3 is 2.55 bits per heavy atom. The molecule has 0 amide bonds. The third-order valence-corrected chi connectivity index (χ3v) is 5.55. The van der Waals surface area contributed by atoms with Crippen LogP contribution < -0.4 is 15.6 Å². The van der Waals surface area contributed by atoms with Gasteiger partial charge in [-0.1, -0.05) is 23.7 Å². The number of nitro benzene ring substituents is 1. The first-order valence-electron chi connectivity index (χ1n) is 9.66. The molecule has 0 bridgehead atoms. The molecule has 2 heterocycles. The lowest BCUT2D eigenvalue weighted by Gasteiger charge is -2.37. The number of para-hydroxylation sites is 2. The summed E-state index contributed by atoms with van der Waals surface area (Å²) in [5, 5.41) is 19.8. The summed E-state index contributed by atoms with van der Waals surface area (Å²) < 4.78 is 0. The average Bonchev–Trinajstić information content (AvgIpc) is 3.11. The Morgan fingerprint density at radius 2 is 1.86 bits per heavy atom. The van der Waals surface area contributed by atoms with E-state index in [2.05, 4.69) is 32.6 Å². The normalized spacial score (nSPS) is 19.7. The first-order chi connectivity index (χ1) is 14.0. The van der Waals surface area contributed by atoms with E-state index in [0.717, 1.165) is 37.6 Å². The molecule has 2 N–H and O–H groups in total. The zero-order chi connectivity index (χ0) is 20.4. The zero-order valence-corrected chi connectivity index (χ0v) is 16.8. The molecule has 2 aliphatic rings. The summed E-state index contributed by atoms with van der Waals surface area (Å²) in [5.41, 5.74) is 4.87. The topological polar surface area (TPSA) is 86.0 Å². The lowest BCUT2D eigenvalue weighted by atomic mass is 10.0. The Labute approximate surface area is 174 Å². The van der Waals surface area contributed by atoms with Crippen LogP contribution in [0.5, 0.6) is 0 Å². The summed E-state index contributed by atoms with van der Waals surface area (Å²) >= 11 is 6.03.